The molecule has 1 rings (SSSR count). The second-order valence-electron chi connectivity index (χ2n) is 3.73. The van der Waals surface area contributed by atoms with Crippen molar-refractivity contribution in [2.24, 2.45) is 5.73 Å². The number of nitrogens with two attached hydrogens (primary N) is 1. The number of rotatable bonds is 5. The highest BCUT2D eigenvalue weighted by molar-refractivity contribution is 5.88. The Morgan fingerprint density at radius 3 is 2.28 bits per heavy atom. The summed E-state index contributed by atoms with van der Waals surface area (Å²) in [4.78, 5) is 23.2. The normalized spacial score (nSPS) is 11.1. The summed E-state index contributed by atoms with van der Waals surface area (Å²) in [5.74, 6) is -5.91. The molecule has 1 aromatic carbocycles. The van der Waals surface area contributed by atoms with E-state index in [2.05, 4.69) is 0 Å². The number of benzene rings is 1. The predicted molar refractivity (Wildman–Crippen MR) is 61.8 cm³/mol. The molecule has 0 atom stereocenters. The molecule has 18 heavy (non-hydrogen) atoms. The zero-order valence-corrected chi connectivity index (χ0v) is 9.90. The number of carbonyl (C=O) groups is 2. The molecule has 0 spiro atoms. The highest BCUT2D eigenvalue weighted by Gasteiger charge is 2.43. The van der Waals surface area contributed by atoms with Crippen molar-refractivity contribution in [3.63, 3.8) is 0 Å². The first-order valence-electron chi connectivity index (χ1n) is 5.40. The third-order valence-electron chi connectivity index (χ3n) is 2.42. The number of hydrogen-bond donors (Lipinski definition) is 1. The van der Waals surface area contributed by atoms with Gasteiger partial charge >= 0.3 is 5.92 Å². The average Bonchev–Trinajstić information content (AvgIpc) is 2.36. The van der Waals surface area contributed by atoms with E-state index in [0.717, 1.165) is 17.0 Å². The van der Waals surface area contributed by atoms with Crippen LogP contribution in [0.5, 0.6) is 0 Å². The Balaban J connectivity index is 2.97. The van der Waals surface area contributed by atoms with E-state index in [1.165, 1.54) is 19.1 Å². The van der Waals surface area contributed by atoms with Gasteiger partial charge in [-0.05, 0) is 6.92 Å². The van der Waals surface area contributed by atoms with Gasteiger partial charge in [0.2, 0.25) is 5.91 Å². The maximum atomic E-state index is 13.9. The van der Waals surface area contributed by atoms with Crippen LogP contribution < -0.4 is 5.73 Å². The fraction of sp³-hybridized carbons (Fsp3) is 0.333. The highest BCUT2D eigenvalue weighted by Crippen LogP contribution is 2.29. The van der Waals surface area contributed by atoms with E-state index >= 15 is 0 Å². The number of halogens is 2. The molecule has 0 radical (unpaired) electrons. The summed E-state index contributed by atoms with van der Waals surface area (Å²) in [5, 5.41) is 0. The van der Waals surface area contributed by atoms with Gasteiger partial charge in [-0.3, -0.25) is 9.59 Å². The lowest BCUT2D eigenvalue weighted by atomic mass is 10.1. The van der Waals surface area contributed by atoms with Crippen molar-refractivity contribution in [2.45, 2.75) is 12.8 Å². The molecule has 0 aliphatic rings. The van der Waals surface area contributed by atoms with Crippen molar-refractivity contribution in [1.29, 1.82) is 0 Å². The van der Waals surface area contributed by atoms with Crippen LogP contribution in [0.3, 0.4) is 0 Å². The molecule has 98 valence electrons. The molecule has 0 bridgehead atoms. The van der Waals surface area contributed by atoms with Crippen LogP contribution in [0.4, 0.5) is 8.78 Å². The maximum absolute atomic E-state index is 13.9. The van der Waals surface area contributed by atoms with Gasteiger partial charge in [0, 0.05) is 12.1 Å². The first-order chi connectivity index (χ1) is 8.39. The van der Waals surface area contributed by atoms with E-state index in [0.29, 0.717) is 0 Å². The fourth-order valence-corrected chi connectivity index (χ4v) is 1.48. The van der Waals surface area contributed by atoms with Crippen molar-refractivity contribution in [3.05, 3.63) is 35.9 Å². The van der Waals surface area contributed by atoms with Crippen molar-refractivity contribution in [1.82, 2.24) is 4.90 Å². The van der Waals surface area contributed by atoms with Crippen LogP contribution in [0.1, 0.15) is 12.5 Å². The Morgan fingerprint density at radius 2 is 1.83 bits per heavy atom. The minimum atomic E-state index is -3.66. The Bertz CT molecular complexity index is 435. The van der Waals surface area contributed by atoms with E-state index in [-0.39, 0.29) is 6.54 Å². The number of carbonyl (C=O) groups excluding carboxylic acids is 2. The van der Waals surface area contributed by atoms with Crippen LogP contribution in [0.2, 0.25) is 0 Å². The zero-order chi connectivity index (χ0) is 13.8. The molecule has 0 saturated carbocycles. The van der Waals surface area contributed by atoms with Crippen LogP contribution >= 0.6 is 0 Å². The van der Waals surface area contributed by atoms with Gasteiger partial charge in [0.1, 0.15) is 0 Å². The van der Waals surface area contributed by atoms with Gasteiger partial charge in [-0.15, -0.1) is 0 Å². The van der Waals surface area contributed by atoms with Crippen LogP contribution in [0.25, 0.3) is 0 Å². The quantitative estimate of drug-likeness (QED) is 0.857. The Hall–Kier alpha value is -1.98. The van der Waals surface area contributed by atoms with Crippen LogP contribution in [0.15, 0.2) is 30.3 Å². The summed E-state index contributed by atoms with van der Waals surface area (Å²) in [6.07, 6.45) is 0. The van der Waals surface area contributed by atoms with E-state index < -0.39 is 29.8 Å². The van der Waals surface area contributed by atoms with E-state index in [1.807, 2.05) is 0 Å². The molecule has 1 aromatic rings. The van der Waals surface area contributed by atoms with Crippen molar-refractivity contribution in [2.75, 3.05) is 13.1 Å². The minimum absolute atomic E-state index is 0.00973. The van der Waals surface area contributed by atoms with Gasteiger partial charge in [0.25, 0.3) is 5.91 Å². The SMILES string of the molecule is CCN(CC(N)=O)C(=O)C(F)(F)c1ccccc1. The first-order valence-corrected chi connectivity index (χ1v) is 5.40. The highest BCUT2D eigenvalue weighted by atomic mass is 19.3. The molecule has 0 unspecified atom stereocenters. The molecule has 2 amide bonds. The standard InChI is InChI=1S/C12H14F2N2O2/c1-2-16(8-10(15)17)11(18)12(13,14)9-6-4-3-5-7-9/h3-7H,2,8H2,1H3,(H2,15,17). The number of hydrogen-bond acceptors (Lipinski definition) is 2. The van der Waals surface area contributed by atoms with E-state index in [1.54, 1.807) is 6.07 Å². The molecule has 0 aliphatic heterocycles. The number of nitrogens with zero attached hydrogens (tertiary/aromatic N) is 1. The van der Waals surface area contributed by atoms with Gasteiger partial charge in [0.05, 0.1) is 6.54 Å². The second kappa shape index (κ2) is 5.57. The Labute approximate surface area is 103 Å². The largest absolute Gasteiger partial charge is 0.368 e. The smallest absolute Gasteiger partial charge is 0.349 e. The van der Waals surface area contributed by atoms with Crippen LogP contribution in [-0.2, 0) is 15.5 Å². The van der Waals surface area contributed by atoms with Crippen LogP contribution in [0, 0.1) is 0 Å². The van der Waals surface area contributed by atoms with Gasteiger partial charge in [0.15, 0.2) is 0 Å². The molecule has 6 heteroatoms. The monoisotopic (exact) mass is 256 g/mol. The summed E-state index contributed by atoms with van der Waals surface area (Å²) in [6.45, 7) is 0.976. The Morgan fingerprint density at radius 1 is 1.28 bits per heavy atom. The molecular weight excluding hydrogens is 242 g/mol. The molecule has 0 heterocycles. The number of primary amides is 1. The summed E-state index contributed by atoms with van der Waals surface area (Å²) in [6, 6.07) is 6.73. The number of likely N-dealkylation sites (N-methyl/N-ethyl adjacent to an activating group) is 1. The lowest BCUT2D eigenvalue weighted by Gasteiger charge is -2.24. The number of amides is 2. The third-order valence-corrected chi connectivity index (χ3v) is 2.42. The summed E-state index contributed by atoms with van der Waals surface area (Å²) in [7, 11) is 0. The third kappa shape index (κ3) is 3.03. The van der Waals surface area contributed by atoms with Crippen LogP contribution in [-0.4, -0.2) is 29.8 Å². The average molecular weight is 256 g/mol. The van der Waals surface area contributed by atoms with E-state index in [4.69, 9.17) is 5.73 Å². The number of alkyl halides is 2. The first kappa shape index (κ1) is 14.1. The lowest BCUT2D eigenvalue weighted by molar-refractivity contribution is -0.160. The molecular formula is C12H14F2N2O2. The van der Waals surface area contributed by atoms with Crippen molar-refractivity contribution >= 4 is 11.8 Å². The van der Waals surface area contributed by atoms with Gasteiger partial charge in [-0.1, -0.05) is 30.3 Å². The van der Waals surface area contributed by atoms with Gasteiger partial charge in [-0.25, -0.2) is 0 Å². The second-order valence-corrected chi connectivity index (χ2v) is 3.73. The predicted octanol–water partition coefficient (Wildman–Crippen LogP) is 1.11. The van der Waals surface area contributed by atoms with Gasteiger partial charge < -0.3 is 10.6 Å². The van der Waals surface area contributed by atoms with E-state index in [9.17, 15) is 18.4 Å². The summed E-state index contributed by atoms with van der Waals surface area (Å²) < 4.78 is 27.8. The maximum Gasteiger partial charge on any atom is 0.349 e. The fourth-order valence-electron chi connectivity index (χ4n) is 1.48. The molecule has 2 N–H and O–H groups in total. The Kier molecular flexibility index (Phi) is 4.36. The lowest BCUT2D eigenvalue weighted by Crippen LogP contribution is -2.45. The van der Waals surface area contributed by atoms with Gasteiger partial charge in [-0.2, -0.15) is 8.78 Å². The zero-order valence-electron chi connectivity index (χ0n) is 9.90. The van der Waals surface area contributed by atoms with Crippen molar-refractivity contribution < 1.29 is 18.4 Å². The minimum Gasteiger partial charge on any atom is -0.368 e. The summed E-state index contributed by atoms with van der Waals surface area (Å²) >= 11 is 0. The molecule has 0 aliphatic carbocycles. The topological polar surface area (TPSA) is 63.4 Å². The molecule has 0 fully saturated rings. The molecule has 4 nitrogen and oxygen atoms in total. The van der Waals surface area contributed by atoms with Crippen molar-refractivity contribution in [3.8, 4) is 0 Å². The summed E-state index contributed by atoms with van der Waals surface area (Å²) in [5.41, 5.74) is 4.51. The molecule has 0 aromatic heterocycles. The molecule has 0 saturated heterocycles.